The third-order valence-electron chi connectivity index (χ3n) is 6.12. The number of anilines is 4. The number of carbonyl (C=O) groups is 3. The molecule has 2 aromatic heterocycles. The molecular formula is C27H30N10O4. The largest absolute Gasteiger partial charge is 0.478 e. The molecule has 0 spiro atoms. The van der Waals surface area contributed by atoms with Crippen molar-refractivity contribution in [2.24, 2.45) is 0 Å². The summed E-state index contributed by atoms with van der Waals surface area (Å²) < 4.78 is 0. The first-order chi connectivity index (χ1) is 19.6. The maximum absolute atomic E-state index is 12.7. The van der Waals surface area contributed by atoms with Gasteiger partial charge in [0, 0.05) is 29.5 Å². The number of hydrogen-bond acceptors (Lipinski definition) is 11. The van der Waals surface area contributed by atoms with Gasteiger partial charge in [0.15, 0.2) is 17.0 Å². The van der Waals surface area contributed by atoms with Gasteiger partial charge in [-0.3, -0.25) is 9.59 Å². The van der Waals surface area contributed by atoms with E-state index in [2.05, 4.69) is 35.9 Å². The Morgan fingerprint density at radius 2 is 1.71 bits per heavy atom. The van der Waals surface area contributed by atoms with E-state index in [9.17, 15) is 19.5 Å². The highest BCUT2D eigenvalue weighted by Crippen LogP contribution is 2.17. The molecule has 0 saturated heterocycles. The minimum atomic E-state index is -1.21. The molecule has 0 aliphatic heterocycles. The summed E-state index contributed by atoms with van der Waals surface area (Å²) in [6.45, 7) is 2.54. The Morgan fingerprint density at radius 1 is 0.951 bits per heavy atom. The van der Waals surface area contributed by atoms with Crippen LogP contribution in [0.1, 0.15) is 56.5 Å². The molecule has 0 radical (unpaired) electrons. The number of nitrogen functional groups attached to an aromatic ring is 3. The number of nitrogens with zero attached hydrogens (tertiary/aromatic N) is 4. The number of carboxylic acids is 1. The lowest BCUT2D eigenvalue weighted by Gasteiger charge is -2.15. The molecule has 2 aromatic carbocycles. The highest BCUT2D eigenvalue weighted by molar-refractivity contribution is 6.05. The zero-order valence-electron chi connectivity index (χ0n) is 22.2. The van der Waals surface area contributed by atoms with Crippen molar-refractivity contribution < 1.29 is 19.5 Å². The van der Waals surface area contributed by atoms with E-state index in [0.717, 1.165) is 5.69 Å². The predicted octanol–water partition coefficient (Wildman–Crippen LogP) is 1.81. The fourth-order valence-electron chi connectivity index (χ4n) is 4.02. The molecule has 0 fully saturated rings. The van der Waals surface area contributed by atoms with E-state index in [1.165, 1.54) is 18.2 Å². The summed E-state index contributed by atoms with van der Waals surface area (Å²) in [5, 5.41) is 18.1. The van der Waals surface area contributed by atoms with Crippen LogP contribution in [0.25, 0.3) is 11.2 Å². The van der Waals surface area contributed by atoms with Gasteiger partial charge in [-0.25, -0.2) is 14.8 Å². The number of fused-ring (bicyclic) bond motifs is 1. The number of aromatic nitrogens is 4. The minimum absolute atomic E-state index is 0.00638. The maximum atomic E-state index is 12.7. The van der Waals surface area contributed by atoms with E-state index in [0.29, 0.717) is 54.0 Å². The lowest BCUT2D eigenvalue weighted by molar-refractivity contribution is 0.0691. The summed E-state index contributed by atoms with van der Waals surface area (Å²) in [5.74, 6) is -1.76. The van der Waals surface area contributed by atoms with Gasteiger partial charge in [-0.1, -0.05) is 0 Å². The molecule has 0 saturated carbocycles. The molecule has 14 nitrogen and oxygen atoms in total. The monoisotopic (exact) mass is 558 g/mol. The smallest absolute Gasteiger partial charge is 0.336 e. The van der Waals surface area contributed by atoms with Crippen LogP contribution in [0.3, 0.4) is 0 Å². The molecule has 0 aliphatic rings. The standard InChI is InChI=1S/C27H30N10O4/c1-14(3-2-10-31-25(39)20-11-16(28)6-9-19(20)26(40)41)34-24(38)15-4-7-17(8-5-15)32-12-18-13-33-23-21(35-18)22(29)36-27(30)37-23/h4-9,11,13-14,32H,2-3,10,12,28H2,1H3,(H,31,39)(H,34,38)(H,40,41)(H4,29,30,33,36,37)/t14-/m1/s1. The molecule has 0 aliphatic carbocycles. The van der Waals surface area contributed by atoms with Crippen molar-refractivity contribution in [3.8, 4) is 0 Å². The number of aromatic carboxylic acids is 1. The molecule has 212 valence electrons. The Hall–Kier alpha value is -5.53. The second-order valence-corrected chi connectivity index (χ2v) is 9.31. The van der Waals surface area contributed by atoms with Crippen LogP contribution in [0.15, 0.2) is 48.7 Å². The lowest BCUT2D eigenvalue weighted by Crippen LogP contribution is -2.33. The molecule has 4 aromatic rings. The van der Waals surface area contributed by atoms with E-state index in [1.54, 1.807) is 30.5 Å². The van der Waals surface area contributed by atoms with Crippen LogP contribution in [0.2, 0.25) is 0 Å². The van der Waals surface area contributed by atoms with Crippen molar-refractivity contribution >= 4 is 52.1 Å². The number of carboxylic acid groups (broad SMARTS) is 1. The molecule has 0 unspecified atom stereocenters. The van der Waals surface area contributed by atoms with Crippen LogP contribution in [0.4, 0.5) is 23.1 Å². The molecule has 14 heteroatoms. The van der Waals surface area contributed by atoms with Crippen LogP contribution in [-0.4, -0.2) is 55.4 Å². The Labute approximate surface area is 234 Å². The van der Waals surface area contributed by atoms with Gasteiger partial charge >= 0.3 is 5.97 Å². The number of benzene rings is 2. The third kappa shape index (κ3) is 7.32. The molecule has 2 heterocycles. The highest BCUT2D eigenvalue weighted by Gasteiger charge is 2.17. The van der Waals surface area contributed by atoms with Crippen molar-refractivity contribution in [3.05, 3.63) is 71.0 Å². The number of nitrogens with one attached hydrogen (secondary N) is 3. The van der Waals surface area contributed by atoms with Crippen LogP contribution in [-0.2, 0) is 6.54 Å². The summed E-state index contributed by atoms with van der Waals surface area (Å²) in [6, 6.07) is 10.9. The molecule has 10 N–H and O–H groups in total. The Balaban J connectivity index is 1.22. The zero-order valence-corrected chi connectivity index (χ0v) is 22.2. The van der Waals surface area contributed by atoms with Gasteiger partial charge in [-0.05, 0) is 62.2 Å². The molecular weight excluding hydrogens is 528 g/mol. The van der Waals surface area contributed by atoms with Gasteiger partial charge in [0.2, 0.25) is 5.95 Å². The summed E-state index contributed by atoms with van der Waals surface area (Å²) in [4.78, 5) is 53.0. The second kappa shape index (κ2) is 12.5. The fourth-order valence-corrected chi connectivity index (χ4v) is 4.02. The van der Waals surface area contributed by atoms with E-state index in [4.69, 9.17) is 17.2 Å². The average molecular weight is 559 g/mol. The zero-order chi connectivity index (χ0) is 29.5. The summed E-state index contributed by atoms with van der Waals surface area (Å²) in [5.41, 5.74) is 19.9. The second-order valence-electron chi connectivity index (χ2n) is 9.31. The van der Waals surface area contributed by atoms with Crippen molar-refractivity contribution in [3.63, 3.8) is 0 Å². The van der Waals surface area contributed by atoms with Gasteiger partial charge in [0.1, 0.15) is 0 Å². The van der Waals surface area contributed by atoms with Gasteiger partial charge in [0.25, 0.3) is 11.8 Å². The van der Waals surface area contributed by atoms with Crippen LogP contribution in [0.5, 0.6) is 0 Å². The van der Waals surface area contributed by atoms with Crippen LogP contribution in [0, 0.1) is 0 Å². The van der Waals surface area contributed by atoms with Crippen molar-refractivity contribution in [2.45, 2.75) is 32.4 Å². The maximum Gasteiger partial charge on any atom is 0.336 e. The van der Waals surface area contributed by atoms with Gasteiger partial charge in [-0.15, -0.1) is 0 Å². The van der Waals surface area contributed by atoms with Gasteiger partial charge < -0.3 is 38.3 Å². The first kappa shape index (κ1) is 28.5. The van der Waals surface area contributed by atoms with E-state index in [-0.39, 0.29) is 34.8 Å². The molecule has 0 bridgehead atoms. The van der Waals surface area contributed by atoms with Crippen molar-refractivity contribution in [2.75, 3.05) is 29.1 Å². The number of rotatable bonds is 11. The van der Waals surface area contributed by atoms with E-state index in [1.807, 2.05) is 6.92 Å². The van der Waals surface area contributed by atoms with E-state index >= 15 is 0 Å². The number of nitrogens with two attached hydrogens (primary N) is 3. The number of carbonyl (C=O) groups excluding carboxylic acids is 2. The highest BCUT2D eigenvalue weighted by atomic mass is 16.4. The van der Waals surface area contributed by atoms with Gasteiger partial charge in [-0.2, -0.15) is 9.97 Å². The summed E-state index contributed by atoms with van der Waals surface area (Å²) >= 11 is 0. The lowest BCUT2D eigenvalue weighted by atomic mass is 10.1. The first-order valence-corrected chi connectivity index (χ1v) is 12.7. The fraction of sp³-hybridized carbons (Fsp3) is 0.222. The van der Waals surface area contributed by atoms with Gasteiger partial charge in [0.05, 0.1) is 29.6 Å². The Bertz CT molecular complexity index is 1590. The normalized spacial score (nSPS) is 11.5. The predicted molar refractivity (Wildman–Crippen MR) is 154 cm³/mol. The number of hydrogen-bond donors (Lipinski definition) is 7. The first-order valence-electron chi connectivity index (χ1n) is 12.7. The summed E-state index contributed by atoms with van der Waals surface area (Å²) in [6.07, 6.45) is 2.74. The quantitative estimate of drug-likeness (QED) is 0.103. The minimum Gasteiger partial charge on any atom is -0.478 e. The Morgan fingerprint density at radius 3 is 2.44 bits per heavy atom. The Kier molecular flexibility index (Phi) is 8.72. The van der Waals surface area contributed by atoms with E-state index < -0.39 is 11.9 Å². The molecule has 41 heavy (non-hydrogen) atoms. The number of amides is 2. The third-order valence-corrected chi connectivity index (χ3v) is 6.12. The topological polar surface area (TPSA) is 237 Å². The van der Waals surface area contributed by atoms with Crippen molar-refractivity contribution in [1.29, 1.82) is 0 Å². The van der Waals surface area contributed by atoms with Crippen LogP contribution >= 0.6 is 0 Å². The molecule has 2 amide bonds. The van der Waals surface area contributed by atoms with Crippen LogP contribution < -0.4 is 33.2 Å². The summed E-state index contributed by atoms with van der Waals surface area (Å²) in [7, 11) is 0. The molecule has 1 atom stereocenters. The average Bonchev–Trinajstić information content (AvgIpc) is 2.94. The molecule has 4 rings (SSSR count). The van der Waals surface area contributed by atoms with Crippen molar-refractivity contribution in [1.82, 2.24) is 30.6 Å². The SMILES string of the molecule is C[C@H](CCCNC(=O)c1cc(N)ccc1C(=O)O)NC(=O)c1ccc(NCc2cnc3nc(N)nc(N)c3n2)cc1.